The number of benzene rings is 1. The van der Waals surface area contributed by atoms with Gasteiger partial charge in [0, 0.05) is 23.2 Å². The van der Waals surface area contributed by atoms with Gasteiger partial charge in [0.25, 0.3) is 0 Å². The first-order valence-electron chi connectivity index (χ1n) is 6.45. The molecule has 98 valence electrons. The van der Waals surface area contributed by atoms with Crippen LogP contribution >= 0.6 is 11.8 Å². The molecule has 0 radical (unpaired) electrons. The minimum absolute atomic E-state index is 0.232. The van der Waals surface area contributed by atoms with Gasteiger partial charge in [-0.1, -0.05) is 12.1 Å². The Hall–Kier alpha value is -1.16. The highest BCUT2D eigenvalue weighted by Crippen LogP contribution is 2.25. The summed E-state index contributed by atoms with van der Waals surface area (Å²) in [5, 5.41) is 0. The van der Waals surface area contributed by atoms with Crippen molar-refractivity contribution in [3.8, 4) is 0 Å². The van der Waals surface area contributed by atoms with Crippen LogP contribution in [-0.4, -0.2) is 29.1 Å². The van der Waals surface area contributed by atoms with Gasteiger partial charge in [0.15, 0.2) is 0 Å². The van der Waals surface area contributed by atoms with Gasteiger partial charge in [0.1, 0.15) is 0 Å². The molecule has 4 heteroatoms. The zero-order chi connectivity index (χ0) is 13.0. The maximum atomic E-state index is 12.2. The van der Waals surface area contributed by atoms with E-state index in [4.69, 9.17) is 5.73 Å². The van der Waals surface area contributed by atoms with E-state index < -0.39 is 0 Å². The van der Waals surface area contributed by atoms with Gasteiger partial charge in [0.05, 0.1) is 5.75 Å². The molecule has 1 aliphatic rings. The Balaban J connectivity index is 1.90. The fraction of sp³-hybridized carbons (Fsp3) is 0.500. The predicted molar refractivity (Wildman–Crippen MR) is 76.6 cm³/mol. The van der Waals surface area contributed by atoms with Crippen LogP contribution in [0.25, 0.3) is 0 Å². The van der Waals surface area contributed by atoms with Crippen LogP contribution in [0.5, 0.6) is 0 Å². The number of likely N-dealkylation sites (tertiary alicyclic amines) is 1. The van der Waals surface area contributed by atoms with Crippen molar-refractivity contribution in [2.24, 2.45) is 0 Å². The van der Waals surface area contributed by atoms with Crippen molar-refractivity contribution in [1.29, 1.82) is 0 Å². The van der Waals surface area contributed by atoms with Gasteiger partial charge >= 0.3 is 0 Å². The maximum absolute atomic E-state index is 12.2. The second-order valence-corrected chi connectivity index (χ2v) is 5.78. The number of hydrogen-bond acceptors (Lipinski definition) is 3. The highest BCUT2D eigenvalue weighted by Gasteiger charge is 2.22. The normalized spacial score (nSPS) is 19.8. The average molecular weight is 264 g/mol. The Morgan fingerprint density at radius 2 is 2.22 bits per heavy atom. The molecule has 0 aliphatic carbocycles. The first-order chi connectivity index (χ1) is 8.68. The van der Waals surface area contributed by atoms with Gasteiger partial charge in [-0.3, -0.25) is 4.79 Å². The third-order valence-electron chi connectivity index (χ3n) is 3.39. The lowest BCUT2D eigenvalue weighted by Gasteiger charge is -2.33. The summed E-state index contributed by atoms with van der Waals surface area (Å²) in [6.07, 6.45) is 3.50. The molecular formula is C14H20N2OS. The monoisotopic (exact) mass is 264 g/mol. The van der Waals surface area contributed by atoms with E-state index in [1.54, 1.807) is 0 Å². The number of amides is 1. The van der Waals surface area contributed by atoms with Crippen molar-refractivity contribution >= 4 is 23.4 Å². The van der Waals surface area contributed by atoms with Gasteiger partial charge < -0.3 is 10.6 Å². The fourth-order valence-electron chi connectivity index (χ4n) is 2.30. The number of piperidine rings is 1. The molecule has 3 nitrogen and oxygen atoms in total. The molecule has 1 unspecified atom stereocenters. The summed E-state index contributed by atoms with van der Waals surface area (Å²) in [7, 11) is 0. The van der Waals surface area contributed by atoms with E-state index in [2.05, 4.69) is 6.92 Å². The second-order valence-electron chi connectivity index (χ2n) is 4.76. The highest BCUT2D eigenvalue weighted by molar-refractivity contribution is 8.00. The zero-order valence-corrected chi connectivity index (χ0v) is 11.6. The van der Waals surface area contributed by atoms with Gasteiger partial charge in [-0.25, -0.2) is 0 Å². The van der Waals surface area contributed by atoms with Gasteiger partial charge in [0.2, 0.25) is 5.91 Å². The molecule has 1 atom stereocenters. The summed E-state index contributed by atoms with van der Waals surface area (Å²) < 4.78 is 0. The summed E-state index contributed by atoms with van der Waals surface area (Å²) in [5.41, 5.74) is 6.62. The molecule has 2 N–H and O–H groups in total. The standard InChI is InChI=1S/C14H20N2OS/c1-11-6-4-5-9-16(11)14(17)10-18-13-8-3-2-7-12(13)15/h2-3,7-8,11H,4-6,9-10,15H2,1H3. The van der Waals surface area contributed by atoms with E-state index >= 15 is 0 Å². The molecule has 0 saturated carbocycles. The number of para-hydroxylation sites is 1. The number of rotatable bonds is 3. The second kappa shape index (κ2) is 6.14. The molecule has 1 heterocycles. The third kappa shape index (κ3) is 3.19. The lowest BCUT2D eigenvalue weighted by atomic mass is 10.0. The number of carbonyl (C=O) groups excluding carboxylic acids is 1. The number of anilines is 1. The van der Waals surface area contributed by atoms with Crippen molar-refractivity contribution in [3.05, 3.63) is 24.3 Å². The number of carbonyl (C=O) groups is 1. The largest absolute Gasteiger partial charge is 0.398 e. The van der Waals surface area contributed by atoms with Crippen molar-refractivity contribution in [2.75, 3.05) is 18.0 Å². The molecule has 0 bridgehead atoms. The molecule has 0 spiro atoms. The average Bonchev–Trinajstić information content (AvgIpc) is 2.38. The number of nitrogens with two attached hydrogens (primary N) is 1. The topological polar surface area (TPSA) is 46.3 Å². The van der Waals surface area contributed by atoms with Crippen LogP contribution in [0.15, 0.2) is 29.2 Å². The zero-order valence-electron chi connectivity index (χ0n) is 10.8. The smallest absolute Gasteiger partial charge is 0.233 e. The summed E-state index contributed by atoms with van der Waals surface area (Å²) in [4.78, 5) is 15.2. The number of thioether (sulfide) groups is 1. The van der Waals surface area contributed by atoms with E-state index in [-0.39, 0.29) is 5.91 Å². The van der Waals surface area contributed by atoms with E-state index in [1.807, 2.05) is 29.2 Å². The van der Waals surface area contributed by atoms with Crippen molar-refractivity contribution in [3.63, 3.8) is 0 Å². The Morgan fingerprint density at radius 1 is 1.44 bits per heavy atom. The molecule has 1 aromatic rings. The van der Waals surface area contributed by atoms with Crippen LogP contribution in [0.3, 0.4) is 0 Å². The quantitative estimate of drug-likeness (QED) is 0.674. The van der Waals surface area contributed by atoms with Gasteiger partial charge in [-0.15, -0.1) is 11.8 Å². The van der Waals surface area contributed by atoms with E-state index in [0.29, 0.717) is 11.8 Å². The molecule has 1 saturated heterocycles. The molecule has 1 aromatic carbocycles. The molecule has 2 rings (SSSR count). The summed E-state index contributed by atoms with van der Waals surface area (Å²) in [6, 6.07) is 8.09. The van der Waals surface area contributed by atoms with Crippen LogP contribution in [0.2, 0.25) is 0 Å². The Kier molecular flexibility index (Phi) is 4.53. The Labute approximate surface area is 113 Å². The molecular weight excluding hydrogens is 244 g/mol. The minimum atomic E-state index is 0.232. The Bertz CT molecular complexity index is 422. The third-order valence-corrected chi connectivity index (χ3v) is 4.47. The van der Waals surface area contributed by atoms with Crippen molar-refractivity contribution < 1.29 is 4.79 Å². The molecule has 0 aromatic heterocycles. The number of nitrogens with zero attached hydrogens (tertiary/aromatic N) is 1. The first-order valence-corrected chi connectivity index (χ1v) is 7.44. The minimum Gasteiger partial charge on any atom is -0.398 e. The summed E-state index contributed by atoms with van der Waals surface area (Å²) >= 11 is 1.53. The van der Waals surface area contributed by atoms with Crippen LogP contribution in [0.4, 0.5) is 5.69 Å². The predicted octanol–water partition coefficient (Wildman–Crippen LogP) is 2.76. The lowest BCUT2D eigenvalue weighted by Crippen LogP contribution is -2.42. The lowest BCUT2D eigenvalue weighted by molar-refractivity contribution is -0.131. The number of nitrogen functional groups attached to an aromatic ring is 1. The van der Waals surface area contributed by atoms with Crippen molar-refractivity contribution in [2.45, 2.75) is 37.1 Å². The summed E-state index contributed by atoms with van der Waals surface area (Å²) in [5.74, 6) is 0.717. The molecule has 1 aliphatic heterocycles. The highest BCUT2D eigenvalue weighted by atomic mass is 32.2. The van der Waals surface area contributed by atoms with Crippen LogP contribution < -0.4 is 5.73 Å². The first kappa shape index (κ1) is 13.3. The van der Waals surface area contributed by atoms with Crippen LogP contribution in [-0.2, 0) is 4.79 Å². The molecule has 1 fully saturated rings. The van der Waals surface area contributed by atoms with Crippen LogP contribution in [0, 0.1) is 0 Å². The molecule has 18 heavy (non-hydrogen) atoms. The van der Waals surface area contributed by atoms with E-state index in [1.165, 1.54) is 18.2 Å². The van der Waals surface area contributed by atoms with Gasteiger partial charge in [-0.05, 0) is 38.3 Å². The van der Waals surface area contributed by atoms with Gasteiger partial charge in [-0.2, -0.15) is 0 Å². The maximum Gasteiger partial charge on any atom is 0.233 e. The van der Waals surface area contributed by atoms with Crippen molar-refractivity contribution in [1.82, 2.24) is 4.90 Å². The fourth-order valence-corrected chi connectivity index (χ4v) is 3.16. The summed E-state index contributed by atoms with van der Waals surface area (Å²) in [6.45, 7) is 3.05. The van der Waals surface area contributed by atoms with Crippen LogP contribution in [0.1, 0.15) is 26.2 Å². The number of hydrogen-bond donors (Lipinski definition) is 1. The van der Waals surface area contributed by atoms with E-state index in [9.17, 15) is 4.79 Å². The van der Waals surface area contributed by atoms with E-state index in [0.717, 1.165) is 30.0 Å². The molecule has 1 amide bonds. The Morgan fingerprint density at radius 3 is 2.94 bits per heavy atom. The SMILES string of the molecule is CC1CCCCN1C(=O)CSc1ccccc1N.